The minimum absolute atomic E-state index is 0.139. The molecule has 6 nitrogen and oxygen atoms in total. The molecule has 0 unspecified atom stereocenters. The van der Waals surface area contributed by atoms with Crippen molar-refractivity contribution < 1.29 is 4.52 Å². The number of hydrogen-bond donors (Lipinski definition) is 1. The van der Waals surface area contributed by atoms with Gasteiger partial charge >= 0.3 is 0 Å². The normalized spacial score (nSPS) is 12.0. The Morgan fingerprint density at radius 3 is 2.83 bits per heavy atom. The zero-order valence-corrected chi connectivity index (χ0v) is 11.1. The number of nitrogens with two attached hydrogens (primary N) is 1. The molecule has 0 aliphatic heterocycles. The fraction of sp³-hybridized carbons (Fsp3) is 0.583. The van der Waals surface area contributed by atoms with Crippen molar-refractivity contribution >= 4 is 0 Å². The Morgan fingerprint density at radius 2 is 2.17 bits per heavy atom. The summed E-state index contributed by atoms with van der Waals surface area (Å²) < 4.78 is 7.13. The molecule has 2 heterocycles. The van der Waals surface area contributed by atoms with Crippen molar-refractivity contribution in [3.8, 4) is 11.6 Å². The summed E-state index contributed by atoms with van der Waals surface area (Å²) in [5, 5.41) is 3.97. The van der Waals surface area contributed by atoms with E-state index in [1.807, 2.05) is 10.8 Å². The van der Waals surface area contributed by atoms with Crippen LogP contribution in [0, 0.1) is 5.41 Å². The smallest absolute Gasteiger partial charge is 0.278 e. The summed E-state index contributed by atoms with van der Waals surface area (Å²) in [5.74, 6) is 1.18. The van der Waals surface area contributed by atoms with E-state index < -0.39 is 0 Å². The summed E-state index contributed by atoms with van der Waals surface area (Å²) >= 11 is 0. The Hall–Kier alpha value is -1.69. The Balaban J connectivity index is 2.13. The van der Waals surface area contributed by atoms with Crippen LogP contribution in [0.2, 0.25) is 0 Å². The molecule has 18 heavy (non-hydrogen) atoms. The second-order valence-corrected chi connectivity index (χ2v) is 5.54. The van der Waals surface area contributed by atoms with E-state index in [0.29, 0.717) is 24.0 Å². The monoisotopic (exact) mass is 249 g/mol. The minimum atomic E-state index is 0.139. The Morgan fingerprint density at radius 1 is 1.39 bits per heavy atom. The van der Waals surface area contributed by atoms with E-state index in [9.17, 15) is 0 Å². The lowest BCUT2D eigenvalue weighted by molar-refractivity contribution is 0.374. The van der Waals surface area contributed by atoms with E-state index in [0.717, 1.165) is 13.0 Å². The van der Waals surface area contributed by atoms with Gasteiger partial charge in [-0.1, -0.05) is 25.9 Å². The van der Waals surface area contributed by atoms with E-state index >= 15 is 0 Å². The maximum Gasteiger partial charge on any atom is 0.278 e. The summed E-state index contributed by atoms with van der Waals surface area (Å²) in [6.45, 7) is 7.72. The number of aromatic nitrogens is 4. The van der Waals surface area contributed by atoms with Crippen LogP contribution < -0.4 is 5.73 Å². The second kappa shape index (κ2) is 4.89. The van der Waals surface area contributed by atoms with Gasteiger partial charge in [0.2, 0.25) is 0 Å². The van der Waals surface area contributed by atoms with Gasteiger partial charge in [0.15, 0.2) is 5.82 Å². The molecule has 98 valence electrons. The van der Waals surface area contributed by atoms with E-state index in [2.05, 4.69) is 35.9 Å². The zero-order chi connectivity index (χ0) is 13.2. The largest absolute Gasteiger partial charge is 0.335 e. The lowest BCUT2D eigenvalue weighted by atomic mass is 9.92. The van der Waals surface area contributed by atoms with Crippen LogP contribution in [0.1, 0.15) is 26.6 Å². The molecule has 0 saturated heterocycles. The van der Waals surface area contributed by atoms with Crippen LogP contribution in [-0.2, 0) is 13.0 Å². The molecular formula is C12H19N5O. The highest BCUT2D eigenvalue weighted by atomic mass is 16.5. The molecule has 2 N–H and O–H groups in total. The topological polar surface area (TPSA) is 82.8 Å². The summed E-state index contributed by atoms with van der Waals surface area (Å²) in [4.78, 5) is 8.58. The van der Waals surface area contributed by atoms with Crippen LogP contribution in [0.15, 0.2) is 17.0 Å². The molecule has 0 spiro atoms. The van der Waals surface area contributed by atoms with Crippen LogP contribution in [-0.4, -0.2) is 26.2 Å². The van der Waals surface area contributed by atoms with Crippen molar-refractivity contribution in [2.75, 3.05) is 6.54 Å². The van der Waals surface area contributed by atoms with Crippen LogP contribution in [0.4, 0.5) is 0 Å². The molecule has 0 fully saturated rings. The molecule has 0 amide bonds. The highest BCUT2D eigenvalue weighted by molar-refractivity contribution is 5.44. The van der Waals surface area contributed by atoms with Crippen LogP contribution >= 0.6 is 0 Å². The Bertz CT molecular complexity index is 509. The van der Waals surface area contributed by atoms with Gasteiger partial charge in [-0.2, -0.15) is 4.98 Å². The first-order valence-electron chi connectivity index (χ1n) is 6.03. The lowest BCUT2D eigenvalue weighted by Crippen LogP contribution is -2.10. The van der Waals surface area contributed by atoms with Crippen molar-refractivity contribution in [3.63, 3.8) is 0 Å². The van der Waals surface area contributed by atoms with Crippen LogP contribution in [0.3, 0.4) is 0 Å². The number of imidazole rings is 1. The zero-order valence-electron chi connectivity index (χ0n) is 11.1. The minimum Gasteiger partial charge on any atom is -0.335 e. The predicted octanol–water partition coefficient (Wildman–Crippen LogP) is 1.48. The standard InChI is InChI=1S/C12H19N5O/c1-12(2,3)6-10-15-11(18-16-10)9-7-17(5-4-13)8-14-9/h7-8H,4-6,13H2,1-3H3. The van der Waals surface area contributed by atoms with E-state index in [-0.39, 0.29) is 5.41 Å². The first-order chi connectivity index (χ1) is 8.48. The third-order valence-corrected chi connectivity index (χ3v) is 2.40. The van der Waals surface area contributed by atoms with Crippen LogP contribution in [0.25, 0.3) is 11.6 Å². The van der Waals surface area contributed by atoms with Crippen molar-refractivity contribution in [3.05, 3.63) is 18.3 Å². The van der Waals surface area contributed by atoms with Gasteiger partial charge in [-0.05, 0) is 5.41 Å². The molecule has 0 bridgehead atoms. The maximum atomic E-state index is 5.48. The number of nitrogens with zero attached hydrogens (tertiary/aromatic N) is 4. The van der Waals surface area contributed by atoms with Gasteiger partial charge in [0, 0.05) is 25.7 Å². The first-order valence-corrected chi connectivity index (χ1v) is 6.03. The van der Waals surface area contributed by atoms with Crippen LogP contribution in [0.5, 0.6) is 0 Å². The second-order valence-electron chi connectivity index (χ2n) is 5.54. The number of rotatable bonds is 4. The summed E-state index contributed by atoms with van der Waals surface area (Å²) in [6, 6.07) is 0. The molecule has 2 rings (SSSR count). The van der Waals surface area contributed by atoms with Crippen molar-refractivity contribution in [2.24, 2.45) is 11.1 Å². The van der Waals surface area contributed by atoms with E-state index in [1.165, 1.54) is 0 Å². The van der Waals surface area contributed by atoms with Gasteiger partial charge < -0.3 is 14.8 Å². The SMILES string of the molecule is CC(C)(C)Cc1noc(-c2cn(CCN)cn2)n1. The van der Waals surface area contributed by atoms with Gasteiger partial charge in [-0.25, -0.2) is 4.98 Å². The molecule has 0 aliphatic rings. The number of hydrogen-bond acceptors (Lipinski definition) is 5. The molecule has 0 atom stereocenters. The molecule has 2 aromatic rings. The fourth-order valence-electron chi connectivity index (χ4n) is 1.65. The average Bonchev–Trinajstić information content (AvgIpc) is 2.85. The molecule has 6 heteroatoms. The van der Waals surface area contributed by atoms with Crippen molar-refractivity contribution in [1.82, 2.24) is 19.7 Å². The fourth-order valence-corrected chi connectivity index (χ4v) is 1.65. The Kier molecular flexibility index (Phi) is 3.47. The van der Waals surface area contributed by atoms with Gasteiger partial charge in [-0.15, -0.1) is 0 Å². The van der Waals surface area contributed by atoms with Gasteiger partial charge in [0.05, 0.1) is 6.33 Å². The quantitative estimate of drug-likeness (QED) is 0.887. The molecular weight excluding hydrogens is 230 g/mol. The third kappa shape index (κ3) is 3.16. The maximum absolute atomic E-state index is 5.48. The molecule has 0 saturated carbocycles. The molecule has 0 radical (unpaired) electrons. The molecule has 0 aromatic carbocycles. The Labute approximate surface area is 106 Å². The highest BCUT2D eigenvalue weighted by Gasteiger charge is 2.17. The summed E-state index contributed by atoms with van der Waals surface area (Å²) in [6.07, 6.45) is 4.36. The van der Waals surface area contributed by atoms with Gasteiger partial charge in [0.25, 0.3) is 5.89 Å². The molecule has 0 aliphatic carbocycles. The van der Waals surface area contributed by atoms with Gasteiger partial charge in [-0.3, -0.25) is 0 Å². The average molecular weight is 249 g/mol. The van der Waals surface area contributed by atoms with E-state index in [1.54, 1.807) is 6.33 Å². The summed E-state index contributed by atoms with van der Waals surface area (Å²) in [5.41, 5.74) is 6.31. The van der Waals surface area contributed by atoms with Crippen molar-refractivity contribution in [2.45, 2.75) is 33.7 Å². The predicted molar refractivity (Wildman–Crippen MR) is 67.7 cm³/mol. The summed E-state index contributed by atoms with van der Waals surface area (Å²) in [7, 11) is 0. The van der Waals surface area contributed by atoms with Gasteiger partial charge in [0.1, 0.15) is 5.69 Å². The van der Waals surface area contributed by atoms with E-state index in [4.69, 9.17) is 10.3 Å². The molecule has 2 aromatic heterocycles. The lowest BCUT2D eigenvalue weighted by Gasteiger charge is -2.14. The third-order valence-electron chi connectivity index (χ3n) is 2.40. The van der Waals surface area contributed by atoms with Crippen molar-refractivity contribution in [1.29, 1.82) is 0 Å². The highest BCUT2D eigenvalue weighted by Crippen LogP contribution is 2.21. The first kappa shape index (κ1) is 12.8.